The summed E-state index contributed by atoms with van der Waals surface area (Å²) in [7, 11) is 0. The van der Waals surface area contributed by atoms with Crippen LogP contribution < -0.4 is 11.1 Å². The Kier molecular flexibility index (Phi) is 4.62. The smallest absolute Gasteiger partial charge is 0.107 e. The Morgan fingerprint density at radius 3 is 2.45 bits per heavy atom. The van der Waals surface area contributed by atoms with E-state index in [0.29, 0.717) is 4.99 Å². The molecule has 0 saturated carbocycles. The zero-order valence-corrected chi connectivity index (χ0v) is 13.4. The normalized spacial score (nSPS) is 10.3. The Bertz CT molecular complexity index is 636. The largest absolute Gasteiger partial charge is 0.389 e. The van der Waals surface area contributed by atoms with Crippen LogP contribution in [0.15, 0.2) is 35.2 Å². The average Bonchev–Trinajstić information content (AvgIpc) is 2.38. The quantitative estimate of drug-likeness (QED) is 0.664. The fourth-order valence-electron chi connectivity index (χ4n) is 2.07. The van der Waals surface area contributed by atoms with Crippen molar-refractivity contribution < 1.29 is 0 Å². The molecule has 0 aliphatic heterocycles. The maximum absolute atomic E-state index is 5.81. The Balaban J connectivity index is 2.39. The minimum absolute atomic E-state index is 0.359. The van der Waals surface area contributed by atoms with Crippen molar-refractivity contribution in [2.75, 3.05) is 11.6 Å². The van der Waals surface area contributed by atoms with Crippen LogP contribution in [0.2, 0.25) is 0 Å². The number of anilines is 2. The first-order valence-electron chi connectivity index (χ1n) is 6.20. The third-order valence-electron chi connectivity index (χ3n) is 2.94. The molecule has 0 unspecified atom stereocenters. The Morgan fingerprint density at radius 2 is 1.90 bits per heavy atom. The number of pyridine rings is 1. The first-order chi connectivity index (χ1) is 9.51. The lowest BCUT2D eigenvalue weighted by Crippen LogP contribution is -2.15. The summed E-state index contributed by atoms with van der Waals surface area (Å²) in [6, 6.07) is 10.2. The van der Waals surface area contributed by atoms with Gasteiger partial charge in [0.25, 0.3) is 0 Å². The summed E-state index contributed by atoms with van der Waals surface area (Å²) < 4.78 is 0. The van der Waals surface area contributed by atoms with Crippen LogP contribution in [-0.2, 0) is 0 Å². The number of hydrogen-bond donors (Lipinski definition) is 2. The second kappa shape index (κ2) is 6.24. The molecule has 1 heterocycles. The lowest BCUT2D eigenvalue weighted by molar-refractivity contribution is 1.12. The average molecular weight is 303 g/mol. The van der Waals surface area contributed by atoms with E-state index in [4.69, 9.17) is 18.0 Å². The van der Waals surface area contributed by atoms with E-state index in [2.05, 4.69) is 28.7 Å². The molecule has 2 rings (SSSR count). The van der Waals surface area contributed by atoms with Gasteiger partial charge in [0.15, 0.2) is 0 Å². The molecule has 20 heavy (non-hydrogen) atoms. The summed E-state index contributed by atoms with van der Waals surface area (Å²) in [5.74, 6) is 0. The van der Waals surface area contributed by atoms with Crippen LogP contribution in [0.5, 0.6) is 0 Å². The number of nitrogens with zero attached hydrogens (tertiary/aromatic N) is 1. The molecule has 0 aliphatic rings. The summed E-state index contributed by atoms with van der Waals surface area (Å²) in [6.45, 7) is 3.88. The van der Waals surface area contributed by atoms with Gasteiger partial charge in [0.2, 0.25) is 0 Å². The SMILES string of the molecule is CSc1ccc(Nc2cc(C)nc(C)c2C(N)=S)cc1. The van der Waals surface area contributed by atoms with E-state index < -0.39 is 0 Å². The van der Waals surface area contributed by atoms with Crippen LogP contribution in [0, 0.1) is 13.8 Å². The molecule has 1 aromatic carbocycles. The molecule has 5 heteroatoms. The van der Waals surface area contributed by atoms with Gasteiger partial charge in [0.1, 0.15) is 4.99 Å². The van der Waals surface area contributed by atoms with Crippen molar-refractivity contribution in [2.24, 2.45) is 5.73 Å². The van der Waals surface area contributed by atoms with Crippen LogP contribution in [0.1, 0.15) is 17.0 Å². The molecule has 0 atom stereocenters. The number of aromatic nitrogens is 1. The maximum atomic E-state index is 5.81. The Hall–Kier alpha value is -1.59. The lowest BCUT2D eigenvalue weighted by atomic mass is 10.1. The van der Waals surface area contributed by atoms with Crippen molar-refractivity contribution in [2.45, 2.75) is 18.7 Å². The Morgan fingerprint density at radius 1 is 1.25 bits per heavy atom. The topological polar surface area (TPSA) is 50.9 Å². The molecular weight excluding hydrogens is 286 g/mol. The number of nitrogens with one attached hydrogen (secondary N) is 1. The molecule has 0 bridgehead atoms. The third kappa shape index (κ3) is 3.29. The minimum atomic E-state index is 0.359. The van der Waals surface area contributed by atoms with Crippen LogP contribution in [-0.4, -0.2) is 16.2 Å². The van der Waals surface area contributed by atoms with E-state index in [0.717, 1.165) is 28.3 Å². The van der Waals surface area contributed by atoms with E-state index >= 15 is 0 Å². The number of hydrogen-bond acceptors (Lipinski definition) is 4. The Labute approximate surface area is 129 Å². The molecule has 0 fully saturated rings. The molecule has 0 radical (unpaired) electrons. The van der Waals surface area contributed by atoms with E-state index in [9.17, 15) is 0 Å². The van der Waals surface area contributed by atoms with Crippen molar-refractivity contribution in [3.63, 3.8) is 0 Å². The van der Waals surface area contributed by atoms with Gasteiger partial charge < -0.3 is 11.1 Å². The van der Waals surface area contributed by atoms with Gasteiger partial charge in [-0.2, -0.15) is 0 Å². The highest BCUT2D eigenvalue weighted by Gasteiger charge is 2.11. The number of thioether (sulfide) groups is 1. The molecule has 2 aromatic rings. The van der Waals surface area contributed by atoms with Gasteiger partial charge in [-0.05, 0) is 50.4 Å². The van der Waals surface area contributed by atoms with E-state index in [1.165, 1.54) is 4.90 Å². The number of nitrogens with two attached hydrogens (primary N) is 1. The molecule has 1 aromatic heterocycles. The van der Waals surface area contributed by atoms with Crippen molar-refractivity contribution in [3.05, 3.63) is 47.3 Å². The monoisotopic (exact) mass is 303 g/mol. The molecule has 0 aliphatic carbocycles. The van der Waals surface area contributed by atoms with Crippen LogP contribution >= 0.6 is 24.0 Å². The van der Waals surface area contributed by atoms with Crippen LogP contribution in [0.4, 0.5) is 11.4 Å². The highest BCUT2D eigenvalue weighted by molar-refractivity contribution is 7.98. The maximum Gasteiger partial charge on any atom is 0.107 e. The summed E-state index contributed by atoms with van der Waals surface area (Å²) in [6.07, 6.45) is 2.06. The summed E-state index contributed by atoms with van der Waals surface area (Å²) in [5.41, 5.74) is 10.3. The summed E-state index contributed by atoms with van der Waals surface area (Å²) >= 11 is 6.85. The first-order valence-corrected chi connectivity index (χ1v) is 7.83. The molecule has 0 spiro atoms. The van der Waals surface area contributed by atoms with Gasteiger partial charge in [-0.15, -0.1) is 11.8 Å². The summed E-state index contributed by atoms with van der Waals surface area (Å²) in [4.78, 5) is 6.00. The second-order valence-corrected chi connectivity index (χ2v) is 5.81. The van der Waals surface area contributed by atoms with Crippen LogP contribution in [0.25, 0.3) is 0 Å². The number of thiocarbonyl (C=S) groups is 1. The van der Waals surface area contributed by atoms with Crippen molar-refractivity contribution in [3.8, 4) is 0 Å². The van der Waals surface area contributed by atoms with Gasteiger partial charge in [0, 0.05) is 22.0 Å². The number of benzene rings is 1. The second-order valence-electron chi connectivity index (χ2n) is 4.49. The van der Waals surface area contributed by atoms with Gasteiger partial charge in [0.05, 0.1) is 11.3 Å². The minimum Gasteiger partial charge on any atom is -0.389 e. The van der Waals surface area contributed by atoms with Gasteiger partial charge in [-0.3, -0.25) is 4.98 Å². The molecule has 0 saturated heterocycles. The van der Waals surface area contributed by atoms with Crippen molar-refractivity contribution in [1.82, 2.24) is 4.98 Å². The molecule has 3 nitrogen and oxygen atoms in total. The van der Waals surface area contributed by atoms with E-state index in [1.807, 2.05) is 32.0 Å². The van der Waals surface area contributed by atoms with Crippen molar-refractivity contribution >= 4 is 40.3 Å². The summed E-state index contributed by atoms with van der Waals surface area (Å²) in [5, 5.41) is 3.37. The van der Waals surface area contributed by atoms with Gasteiger partial charge >= 0.3 is 0 Å². The predicted molar refractivity (Wildman–Crippen MR) is 91.1 cm³/mol. The zero-order valence-electron chi connectivity index (χ0n) is 11.7. The van der Waals surface area contributed by atoms with E-state index in [-0.39, 0.29) is 0 Å². The lowest BCUT2D eigenvalue weighted by Gasteiger charge is -2.14. The fourth-order valence-corrected chi connectivity index (χ4v) is 2.73. The third-order valence-corrected chi connectivity index (χ3v) is 3.89. The highest BCUT2D eigenvalue weighted by atomic mass is 32.2. The predicted octanol–water partition coefficient (Wildman–Crippen LogP) is 3.80. The van der Waals surface area contributed by atoms with Crippen LogP contribution in [0.3, 0.4) is 0 Å². The van der Waals surface area contributed by atoms with Crippen molar-refractivity contribution in [1.29, 1.82) is 0 Å². The highest BCUT2D eigenvalue weighted by Crippen LogP contribution is 2.25. The molecular formula is C15H17N3S2. The van der Waals surface area contributed by atoms with Gasteiger partial charge in [-0.25, -0.2) is 0 Å². The molecule has 104 valence electrons. The number of rotatable bonds is 4. The standard InChI is InChI=1S/C15H17N3S2/c1-9-8-13(14(15(16)19)10(2)17-9)18-11-4-6-12(20-3)7-5-11/h4-8H,1-3H3,(H2,16,19)(H,17,18). The first kappa shape index (κ1) is 14.8. The van der Waals surface area contributed by atoms with E-state index in [1.54, 1.807) is 11.8 Å². The van der Waals surface area contributed by atoms with Gasteiger partial charge in [-0.1, -0.05) is 12.2 Å². The number of aryl methyl sites for hydroxylation is 2. The molecule has 3 N–H and O–H groups in total. The zero-order chi connectivity index (χ0) is 14.7. The molecule has 0 amide bonds. The fraction of sp³-hybridized carbons (Fsp3) is 0.200.